The van der Waals surface area contributed by atoms with Crippen molar-refractivity contribution in [1.29, 1.82) is 0 Å². The summed E-state index contributed by atoms with van der Waals surface area (Å²) in [7, 11) is 3.32. The van der Waals surface area contributed by atoms with E-state index in [1.54, 1.807) is 14.2 Å². The van der Waals surface area contributed by atoms with E-state index in [-0.39, 0.29) is 0 Å². The molecule has 5 nitrogen and oxygen atoms in total. The Hall–Kier alpha value is -2.53. The van der Waals surface area contributed by atoms with Crippen molar-refractivity contribution in [3.8, 4) is 11.4 Å². The Morgan fingerprint density at radius 2 is 2.00 bits per heavy atom. The molecule has 0 spiro atoms. The van der Waals surface area contributed by atoms with Gasteiger partial charge in [-0.3, -0.25) is 4.57 Å². The molecule has 21 heavy (non-hydrogen) atoms. The molecule has 2 aromatic carbocycles. The molecule has 0 fully saturated rings. The van der Waals surface area contributed by atoms with Gasteiger partial charge < -0.3 is 15.2 Å². The van der Waals surface area contributed by atoms with Crippen LogP contribution in [0.2, 0.25) is 0 Å². The van der Waals surface area contributed by atoms with Gasteiger partial charge in [0.15, 0.2) is 0 Å². The average Bonchev–Trinajstić information content (AvgIpc) is 2.82. The van der Waals surface area contributed by atoms with Crippen LogP contribution in [0.15, 0.2) is 42.5 Å². The van der Waals surface area contributed by atoms with E-state index < -0.39 is 0 Å². The minimum atomic E-state index is 0.452. The average molecular weight is 283 g/mol. The topological polar surface area (TPSA) is 62.3 Å². The first-order valence-corrected chi connectivity index (χ1v) is 6.63. The van der Waals surface area contributed by atoms with Gasteiger partial charge in [-0.05, 0) is 29.8 Å². The number of rotatable bonds is 4. The minimum absolute atomic E-state index is 0.452. The monoisotopic (exact) mass is 283 g/mol. The summed E-state index contributed by atoms with van der Waals surface area (Å²) in [5.74, 6) is 1.22. The van der Waals surface area contributed by atoms with Crippen molar-refractivity contribution in [1.82, 2.24) is 9.55 Å². The van der Waals surface area contributed by atoms with Crippen molar-refractivity contribution in [2.75, 3.05) is 20.0 Å². The first kappa shape index (κ1) is 13.5. The number of nitrogens with two attached hydrogens (primary N) is 1. The SMILES string of the molecule is COCc1cccc(-n2c(N)nc3cc(OC)ccc32)c1. The molecule has 0 saturated carbocycles. The number of anilines is 1. The predicted octanol–water partition coefficient (Wildman–Crippen LogP) is 2.76. The first-order chi connectivity index (χ1) is 10.2. The zero-order valence-corrected chi connectivity index (χ0v) is 12.0. The Kier molecular flexibility index (Phi) is 3.50. The largest absolute Gasteiger partial charge is 0.497 e. The molecule has 2 N–H and O–H groups in total. The lowest BCUT2D eigenvalue weighted by Gasteiger charge is -2.09. The molecule has 108 valence electrons. The van der Waals surface area contributed by atoms with E-state index in [2.05, 4.69) is 4.98 Å². The van der Waals surface area contributed by atoms with Gasteiger partial charge in [0.2, 0.25) is 5.95 Å². The lowest BCUT2D eigenvalue weighted by molar-refractivity contribution is 0.185. The summed E-state index contributed by atoms with van der Waals surface area (Å²) in [6, 6.07) is 13.8. The highest BCUT2D eigenvalue weighted by Crippen LogP contribution is 2.26. The van der Waals surface area contributed by atoms with Crippen molar-refractivity contribution < 1.29 is 9.47 Å². The Morgan fingerprint density at radius 3 is 2.76 bits per heavy atom. The van der Waals surface area contributed by atoms with Gasteiger partial charge in [-0.1, -0.05) is 12.1 Å². The van der Waals surface area contributed by atoms with Gasteiger partial charge in [-0.25, -0.2) is 4.98 Å². The number of hydrogen-bond acceptors (Lipinski definition) is 4. The van der Waals surface area contributed by atoms with Crippen LogP contribution in [0, 0.1) is 0 Å². The summed E-state index contributed by atoms with van der Waals surface area (Å²) in [4.78, 5) is 4.40. The third-order valence-corrected chi connectivity index (χ3v) is 3.37. The molecule has 3 rings (SSSR count). The molecule has 0 aliphatic heterocycles. The Balaban J connectivity index is 2.15. The number of nitrogens with zero attached hydrogens (tertiary/aromatic N) is 2. The molecule has 0 aliphatic rings. The quantitative estimate of drug-likeness (QED) is 0.799. The van der Waals surface area contributed by atoms with Crippen molar-refractivity contribution in [2.24, 2.45) is 0 Å². The Bertz CT molecular complexity index is 780. The molecule has 5 heteroatoms. The maximum absolute atomic E-state index is 6.08. The summed E-state index contributed by atoms with van der Waals surface area (Å²) >= 11 is 0. The lowest BCUT2D eigenvalue weighted by atomic mass is 10.2. The summed E-state index contributed by atoms with van der Waals surface area (Å²) < 4.78 is 12.3. The van der Waals surface area contributed by atoms with E-state index in [0.717, 1.165) is 28.0 Å². The van der Waals surface area contributed by atoms with Crippen LogP contribution in [0.4, 0.5) is 5.95 Å². The molecule has 3 aromatic rings. The highest BCUT2D eigenvalue weighted by molar-refractivity contribution is 5.82. The summed E-state index contributed by atoms with van der Waals surface area (Å²) in [5, 5.41) is 0. The highest BCUT2D eigenvalue weighted by Gasteiger charge is 2.11. The number of aromatic nitrogens is 2. The number of nitrogen functional groups attached to an aromatic ring is 1. The van der Waals surface area contributed by atoms with Crippen molar-refractivity contribution in [3.05, 3.63) is 48.0 Å². The molecule has 0 amide bonds. The Morgan fingerprint density at radius 1 is 1.14 bits per heavy atom. The summed E-state index contributed by atoms with van der Waals surface area (Å²) in [6.45, 7) is 0.564. The fraction of sp³-hybridized carbons (Fsp3) is 0.188. The normalized spacial score (nSPS) is 11.0. The number of fused-ring (bicyclic) bond motifs is 1. The van der Waals surface area contributed by atoms with E-state index in [9.17, 15) is 0 Å². The minimum Gasteiger partial charge on any atom is -0.497 e. The van der Waals surface area contributed by atoms with Crippen LogP contribution in [-0.2, 0) is 11.3 Å². The van der Waals surface area contributed by atoms with Crippen LogP contribution in [0.1, 0.15) is 5.56 Å². The lowest BCUT2D eigenvalue weighted by Crippen LogP contribution is -2.01. The van der Waals surface area contributed by atoms with Crippen LogP contribution in [-0.4, -0.2) is 23.8 Å². The van der Waals surface area contributed by atoms with Gasteiger partial charge in [0.05, 0.1) is 24.8 Å². The van der Waals surface area contributed by atoms with E-state index in [4.69, 9.17) is 15.2 Å². The molecular formula is C16H17N3O2. The van der Waals surface area contributed by atoms with Gasteiger partial charge in [-0.15, -0.1) is 0 Å². The molecule has 0 atom stereocenters. The first-order valence-electron chi connectivity index (χ1n) is 6.63. The smallest absolute Gasteiger partial charge is 0.205 e. The predicted molar refractivity (Wildman–Crippen MR) is 82.7 cm³/mol. The molecular weight excluding hydrogens is 266 g/mol. The molecule has 1 heterocycles. The van der Waals surface area contributed by atoms with Gasteiger partial charge in [0.25, 0.3) is 0 Å². The van der Waals surface area contributed by atoms with E-state index in [1.165, 1.54) is 0 Å². The van der Waals surface area contributed by atoms with Crippen molar-refractivity contribution >= 4 is 17.0 Å². The third kappa shape index (κ3) is 2.43. The number of methoxy groups -OCH3 is 2. The van der Waals surface area contributed by atoms with Gasteiger partial charge >= 0.3 is 0 Å². The fourth-order valence-electron chi connectivity index (χ4n) is 2.43. The molecule has 0 saturated heterocycles. The molecule has 1 aromatic heterocycles. The van der Waals surface area contributed by atoms with Crippen LogP contribution in [0.3, 0.4) is 0 Å². The number of benzene rings is 2. The fourth-order valence-corrected chi connectivity index (χ4v) is 2.43. The second-order valence-corrected chi connectivity index (χ2v) is 4.76. The van der Waals surface area contributed by atoms with E-state index in [0.29, 0.717) is 12.6 Å². The maximum Gasteiger partial charge on any atom is 0.205 e. The molecule has 0 radical (unpaired) electrons. The maximum atomic E-state index is 6.08. The van der Waals surface area contributed by atoms with E-state index >= 15 is 0 Å². The number of hydrogen-bond donors (Lipinski definition) is 1. The van der Waals surface area contributed by atoms with Crippen LogP contribution >= 0.6 is 0 Å². The highest BCUT2D eigenvalue weighted by atomic mass is 16.5. The number of imidazole rings is 1. The standard InChI is InChI=1S/C16H17N3O2/c1-20-10-11-4-3-5-12(8-11)19-15-7-6-13(21-2)9-14(15)18-16(19)17/h3-9H,10H2,1-2H3,(H2,17,18). The molecule has 0 bridgehead atoms. The van der Waals surface area contributed by atoms with Crippen LogP contribution in [0.25, 0.3) is 16.7 Å². The van der Waals surface area contributed by atoms with Crippen molar-refractivity contribution in [3.63, 3.8) is 0 Å². The zero-order valence-electron chi connectivity index (χ0n) is 12.0. The molecule has 0 aliphatic carbocycles. The second kappa shape index (κ2) is 5.46. The van der Waals surface area contributed by atoms with Crippen LogP contribution in [0.5, 0.6) is 5.75 Å². The second-order valence-electron chi connectivity index (χ2n) is 4.76. The van der Waals surface area contributed by atoms with Crippen LogP contribution < -0.4 is 10.5 Å². The summed E-state index contributed by atoms with van der Waals surface area (Å²) in [5.41, 5.74) is 9.89. The van der Waals surface area contributed by atoms with Gasteiger partial charge in [0, 0.05) is 18.9 Å². The summed E-state index contributed by atoms with van der Waals surface area (Å²) in [6.07, 6.45) is 0. The van der Waals surface area contributed by atoms with Gasteiger partial charge in [0.1, 0.15) is 5.75 Å². The third-order valence-electron chi connectivity index (χ3n) is 3.37. The van der Waals surface area contributed by atoms with Gasteiger partial charge in [-0.2, -0.15) is 0 Å². The van der Waals surface area contributed by atoms with E-state index in [1.807, 2.05) is 47.0 Å². The molecule has 0 unspecified atom stereocenters. The number of ether oxygens (including phenoxy) is 2. The Labute approximate surface area is 122 Å². The zero-order chi connectivity index (χ0) is 14.8. The van der Waals surface area contributed by atoms with Crippen molar-refractivity contribution in [2.45, 2.75) is 6.61 Å².